The summed E-state index contributed by atoms with van der Waals surface area (Å²) in [5.74, 6) is -14.2. The van der Waals surface area contributed by atoms with Crippen LogP contribution >= 0.6 is 0 Å². The maximum absolute atomic E-state index is 13.8. The molecule has 0 amide bonds. The van der Waals surface area contributed by atoms with Crippen molar-refractivity contribution in [2.24, 2.45) is 5.92 Å². The van der Waals surface area contributed by atoms with Gasteiger partial charge in [0.25, 0.3) is 0 Å². The van der Waals surface area contributed by atoms with Gasteiger partial charge >= 0.3 is 10.1 Å². The maximum Gasteiger partial charge on any atom is 0.312 e. The molecule has 1 aliphatic rings. The quantitative estimate of drug-likeness (QED) is 0.227. The summed E-state index contributed by atoms with van der Waals surface area (Å²) >= 11 is 0. The molecule has 2 atom stereocenters. The Morgan fingerprint density at radius 3 is 1.93 bits per heavy atom. The van der Waals surface area contributed by atoms with Gasteiger partial charge in [0.05, 0.1) is 6.07 Å². The summed E-state index contributed by atoms with van der Waals surface area (Å²) in [7, 11) is -4.76. The third-order valence-corrected chi connectivity index (χ3v) is 6.39. The van der Waals surface area contributed by atoms with Crippen LogP contribution in [0.4, 0.5) is 22.0 Å². The SMILES string of the molecule is N#C/C=C/C1CCCCCCCC1S(=O)(=O)Oc1c(F)c(F)c(F)c(F)c1F. The molecule has 0 bridgehead atoms. The number of benzene rings is 1. The summed E-state index contributed by atoms with van der Waals surface area (Å²) in [6.45, 7) is 0. The van der Waals surface area contributed by atoms with Crippen molar-refractivity contribution < 1.29 is 34.6 Å². The number of nitriles is 1. The van der Waals surface area contributed by atoms with Crippen molar-refractivity contribution in [3.8, 4) is 11.8 Å². The highest BCUT2D eigenvalue weighted by molar-refractivity contribution is 7.87. The largest absolute Gasteiger partial charge is 0.376 e. The molecule has 1 fully saturated rings. The Morgan fingerprint density at radius 2 is 1.36 bits per heavy atom. The lowest BCUT2D eigenvalue weighted by atomic mass is 9.96. The van der Waals surface area contributed by atoms with E-state index in [9.17, 15) is 30.4 Å². The number of hydrogen-bond acceptors (Lipinski definition) is 4. The Balaban J connectivity index is 2.45. The topological polar surface area (TPSA) is 67.2 Å². The van der Waals surface area contributed by atoms with Crippen molar-refractivity contribution in [1.29, 1.82) is 5.26 Å². The standard InChI is InChI=1S/C18H18F5NO3S/c19-13-14(20)16(22)18(17(23)15(13)21)27-28(25,26)12-9-5-3-1-2-4-7-11(12)8-6-10-24/h6,8,11-12H,1-5,7,9H2/b8-6+. The molecule has 1 aromatic carbocycles. The highest BCUT2D eigenvalue weighted by Crippen LogP contribution is 2.34. The van der Waals surface area contributed by atoms with Crippen LogP contribution < -0.4 is 4.18 Å². The van der Waals surface area contributed by atoms with Crippen molar-refractivity contribution in [2.45, 2.75) is 50.2 Å². The predicted octanol–water partition coefficient (Wildman–Crippen LogP) is 4.90. The molecular weight excluding hydrogens is 405 g/mol. The fraction of sp³-hybridized carbons (Fsp3) is 0.500. The first-order valence-electron chi connectivity index (χ1n) is 8.71. The summed E-state index contributed by atoms with van der Waals surface area (Å²) in [6, 6.07) is 1.75. The highest BCUT2D eigenvalue weighted by atomic mass is 32.2. The van der Waals surface area contributed by atoms with Crippen LogP contribution in [0.25, 0.3) is 0 Å². The molecule has 0 saturated heterocycles. The fourth-order valence-electron chi connectivity index (χ4n) is 3.24. The molecule has 4 nitrogen and oxygen atoms in total. The third-order valence-electron chi connectivity index (χ3n) is 4.66. The van der Waals surface area contributed by atoms with Crippen LogP contribution in [-0.4, -0.2) is 13.7 Å². The number of allylic oxidation sites excluding steroid dienone is 2. The molecule has 154 valence electrons. The van der Waals surface area contributed by atoms with Crippen LogP contribution in [0, 0.1) is 46.3 Å². The molecule has 10 heteroatoms. The van der Waals surface area contributed by atoms with Crippen LogP contribution in [0.5, 0.6) is 5.75 Å². The summed E-state index contributed by atoms with van der Waals surface area (Å²) in [4.78, 5) is 0. The Morgan fingerprint density at radius 1 is 0.857 bits per heavy atom. The van der Waals surface area contributed by atoms with E-state index < -0.39 is 56.1 Å². The Labute approximate surface area is 159 Å². The summed E-state index contributed by atoms with van der Waals surface area (Å²) in [5.41, 5.74) is 0. The van der Waals surface area contributed by atoms with E-state index >= 15 is 0 Å². The molecule has 0 aliphatic heterocycles. The predicted molar refractivity (Wildman–Crippen MR) is 90.1 cm³/mol. The van der Waals surface area contributed by atoms with Gasteiger partial charge in [0.15, 0.2) is 0 Å². The van der Waals surface area contributed by atoms with E-state index in [1.807, 2.05) is 0 Å². The zero-order valence-corrected chi connectivity index (χ0v) is 15.5. The van der Waals surface area contributed by atoms with Crippen LogP contribution in [0.3, 0.4) is 0 Å². The van der Waals surface area contributed by atoms with Crippen LogP contribution in [-0.2, 0) is 10.1 Å². The lowest BCUT2D eigenvalue weighted by Crippen LogP contribution is -2.33. The van der Waals surface area contributed by atoms with Crippen LogP contribution in [0.15, 0.2) is 12.2 Å². The van der Waals surface area contributed by atoms with Gasteiger partial charge in [-0.1, -0.05) is 38.2 Å². The molecule has 0 spiro atoms. The van der Waals surface area contributed by atoms with Gasteiger partial charge in [-0.15, -0.1) is 0 Å². The summed E-state index contributed by atoms with van der Waals surface area (Å²) < 4.78 is 97.4. The van der Waals surface area contributed by atoms with Gasteiger partial charge < -0.3 is 4.18 Å². The van der Waals surface area contributed by atoms with E-state index in [1.165, 1.54) is 6.08 Å². The second-order valence-electron chi connectivity index (χ2n) is 6.51. The molecule has 1 aromatic rings. The zero-order valence-electron chi connectivity index (χ0n) is 14.7. The van der Waals surface area contributed by atoms with Gasteiger partial charge in [-0.25, -0.2) is 13.2 Å². The van der Waals surface area contributed by atoms with Gasteiger partial charge in [0.2, 0.25) is 34.8 Å². The average Bonchev–Trinajstić information content (AvgIpc) is 2.78. The lowest BCUT2D eigenvalue weighted by Gasteiger charge is -2.24. The van der Waals surface area contributed by atoms with E-state index in [0.717, 1.165) is 25.3 Å². The van der Waals surface area contributed by atoms with E-state index in [2.05, 4.69) is 4.18 Å². The second kappa shape index (κ2) is 9.37. The first-order valence-corrected chi connectivity index (χ1v) is 10.2. The van der Waals surface area contributed by atoms with Crippen molar-refractivity contribution >= 4 is 10.1 Å². The summed E-state index contributed by atoms with van der Waals surface area (Å²) in [6.07, 6.45) is 6.50. The molecule has 0 aromatic heterocycles. The van der Waals surface area contributed by atoms with Crippen molar-refractivity contribution in [3.63, 3.8) is 0 Å². The first-order chi connectivity index (χ1) is 13.2. The highest BCUT2D eigenvalue weighted by Gasteiger charge is 2.37. The van der Waals surface area contributed by atoms with Crippen LogP contribution in [0.1, 0.15) is 44.9 Å². The molecular formula is C18H18F5NO3S. The lowest BCUT2D eigenvalue weighted by molar-refractivity contribution is 0.341. The fourth-order valence-corrected chi connectivity index (χ4v) is 4.85. The normalized spacial score (nSPS) is 21.6. The van der Waals surface area contributed by atoms with Crippen LogP contribution in [0.2, 0.25) is 0 Å². The van der Waals surface area contributed by atoms with E-state index in [-0.39, 0.29) is 6.42 Å². The molecule has 2 unspecified atom stereocenters. The molecule has 0 heterocycles. The Hall–Kier alpha value is -2.15. The monoisotopic (exact) mass is 423 g/mol. The smallest absolute Gasteiger partial charge is 0.312 e. The molecule has 28 heavy (non-hydrogen) atoms. The van der Waals surface area contributed by atoms with Gasteiger partial charge in [-0.3, -0.25) is 0 Å². The molecule has 1 saturated carbocycles. The van der Waals surface area contributed by atoms with Gasteiger partial charge in [0, 0.05) is 6.08 Å². The van der Waals surface area contributed by atoms with E-state index in [4.69, 9.17) is 5.26 Å². The van der Waals surface area contributed by atoms with Crippen molar-refractivity contribution in [3.05, 3.63) is 41.2 Å². The Kier molecular flexibility index (Phi) is 7.41. The molecule has 1 aliphatic carbocycles. The van der Waals surface area contributed by atoms with E-state index in [1.54, 1.807) is 6.07 Å². The number of hydrogen-bond donors (Lipinski definition) is 0. The van der Waals surface area contributed by atoms with Crippen molar-refractivity contribution in [1.82, 2.24) is 0 Å². The van der Waals surface area contributed by atoms with Gasteiger partial charge in [0.1, 0.15) is 5.25 Å². The number of nitrogens with zero attached hydrogens (tertiary/aromatic N) is 1. The molecule has 2 rings (SSSR count). The van der Waals surface area contributed by atoms with Crippen molar-refractivity contribution in [2.75, 3.05) is 0 Å². The van der Waals surface area contributed by atoms with Gasteiger partial charge in [-0.05, 0) is 18.8 Å². The van der Waals surface area contributed by atoms with Gasteiger partial charge in [-0.2, -0.15) is 22.5 Å². The first kappa shape index (κ1) is 22.1. The third kappa shape index (κ3) is 4.82. The average molecular weight is 423 g/mol. The second-order valence-corrected chi connectivity index (χ2v) is 8.27. The molecule has 0 radical (unpaired) electrons. The Bertz CT molecular complexity index is 866. The maximum atomic E-state index is 13.8. The number of rotatable bonds is 4. The minimum Gasteiger partial charge on any atom is -0.376 e. The molecule has 0 N–H and O–H groups in total. The minimum absolute atomic E-state index is 0.0676. The number of halogens is 5. The zero-order chi connectivity index (χ0) is 20.9. The van der Waals surface area contributed by atoms with E-state index in [0.29, 0.717) is 19.3 Å². The summed E-state index contributed by atoms with van der Waals surface area (Å²) in [5, 5.41) is 7.44. The minimum atomic E-state index is -4.76.